The largest absolute Gasteiger partial charge is 0.497 e. The molecule has 1 N–H and O–H groups in total. The Balaban J connectivity index is 1.95. The molecule has 1 saturated heterocycles. The Hall–Kier alpha value is -2.34. The summed E-state index contributed by atoms with van der Waals surface area (Å²) < 4.78 is 10.7. The first-order valence-corrected chi connectivity index (χ1v) is 8.91. The zero-order valence-electron chi connectivity index (χ0n) is 14.9. The molecule has 0 saturated carbocycles. The van der Waals surface area contributed by atoms with Crippen molar-refractivity contribution < 1.29 is 14.3 Å². The molecular formula is C19H22N2O3S. The molecule has 1 amide bonds. The molecule has 3 rings (SSSR count). The molecule has 0 aliphatic carbocycles. The second-order valence-electron chi connectivity index (χ2n) is 6.61. The van der Waals surface area contributed by atoms with Crippen LogP contribution in [0, 0.1) is 5.41 Å². The van der Waals surface area contributed by atoms with Crippen LogP contribution in [-0.2, 0) is 10.2 Å². The van der Waals surface area contributed by atoms with Gasteiger partial charge in [-0.15, -0.1) is 11.3 Å². The molecule has 2 heterocycles. The van der Waals surface area contributed by atoms with Gasteiger partial charge in [0.15, 0.2) is 0 Å². The van der Waals surface area contributed by atoms with Gasteiger partial charge in [0.25, 0.3) is 0 Å². The number of amides is 1. The van der Waals surface area contributed by atoms with Crippen LogP contribution >= 0.6 is 11.3 Å². The van der Waals surface area contributed by atoms with Crippen molar-refractivity contribution in [2.75, 3.05) is 21.3 Å². The van der Waals surface area contributed by atoms with E-state index < -0.39 is 0 Å². The molecule has 1 aliphatic rings. The highest BCUT2D eigenvalue weighted by Gasteiger charge is 2.39. The minimum atomic E-state index is -0.327. The first-order chi connectivity index (χ1) is 11.9. The van der Waals surface area contributed by atoms with Crippen LogP contribution in [0.15, 0.2) is 29.6 Å². The monoisotopic (exact) mass is 358 g/mol. The maximum Gasteiger partial charge on any atom is 0.228 e. The fraction of sp³-hybridized carbons (Fsp3) is 0.368. The van der Waals surface area contributed by atoms with Crippen LogP contribution < -0.4 is 9.47 Å². The second-order valence-corrected chi connectivity index (χ2v) is 7.53. The van der Waals surface area contributed by atoms with Gasteiger partial charge in [-0.1, -0.05) is 6.92 Å². The third-order valence-corrected chi connectivity index (χ3v) is 5.99. The lowest BCUT2D eigenvalue weighted by atomic mass is 9.78. The van der Waals surface area contributed by atoms with E-state index in [0.717, 1.165) is 27.5 Å². The molecule has 0 bridgehead atoms. The van der Waals surface area contributed by atoms with Gasteiger partial charge >= 0.3 is 0 Å². The zero-order valence-corrected chi connectivity index (χ0v) is 15.7. The van der Waals surface area contributed by atoms with Gasteiger partial charge in [-0.05, 0) is 34.7 Å². The highest BCUT2D eigenvalue weighted by atomic mass is 32.1. The van der Waals surface area contributed by atoms with Crippen LogP contribution in [0.5, 0.6) is 11.5 Å². The number of thiophene rings is 1. The molecular weight excluding hydrogens is 336 g/mol. The molecule has 6 heteroatoms. The van der Waals surface area contributed by atoms with E-state index in [2.05, 4.69) is 18.4 Å². The lowest BCUT2D eigenvalue weighted by Crippen LogP contribution is -2.46. The van der Waals surface area contributed by atoms with Gasteiger partial charge in [0.2, 0.25) is 5.91 Å². The van der Waals surface area contributed by atoms with E-state index in [4.69, 9.17) is 14.9 Å². The van der Waals surface area contributed by atoms with Gasteiger partial charge < -0.3 is 14.4 Å². The molecule has 2 aromatic rings. The van der Waals surface area contributed by atoms with Crippen molar-refractivity contribution >= 4 is 23.1 Å². The predicted octanol–water partition coefficient (Wildman–Crippen LogP) is 3.92. The summed E-state index contributed by atoms with van der Waals surface area (Å²) in [5.74, 6) is 1.85. The van der Waals surface area contributed by atoms with Crippen molar-refractivity contribution in [1.29, 1.82) is 5.41 Å². The Morgan fingerprint density at radius 1 is 1.08 bits per heavy atom. The maximum absolute atomic E-state index is 12.2. The molecule has 1 fully saturated rings. The molecule has 1 aliphatic heterocycles. The van der Waals surface area contributed by atoms with Crippen molar-refractivity contribution in [2.24, 2.45) is 0 Å². The standard InChI is InChI=1S/C19H22N2O3S/c1-19(9-17(20)21(2)18(22)10-19)16-7-13(11-25-16)12-5-14(23-3)8-15(6-12)24-4/h5-8,11,20H,9-10H2,1-4H3/t19-/m0/s1. The van der Waals surface area contributed by atoms with E-state index in [-0.39, 0.29) is 11.3 Å². The fourth-order valence-electron chi connectivity index (χ4n) is 3.11. The number of rotatable bonds is 4. The number of methoxy groups -OCH3 is 2. The van der Waals surface area contributed by atoms with Gasteiger partial charge in [0.05, 0.1) is 14.2 Å². The van der Waals surface area contributed by atoms with Crippen LogP contribution in [0.3, 0.4) is 0 Å². The normalized spacial score (nSPS) is 20.7. The minimum Gasteiger partial charge on any atom is -0.497 e. The first-order valence-electron chi connectivity index (χ1n) is 8.03. The van der Waals surface area contributed by atoms with E-state index in [1.165, 1.54) is 4.90 Å². The molecule has 0 unspecified atom stereocenters. The summed E-state index contributed by atoms with van der Waals surface area (Å²) >= 11 is 1.63. The van der Waals surface area contributed by atoms with Gasteiger partial charge in [-0.2, -0.15) is 0 Å². The third-order valence-electron chi connectivity index (χ3n) is 4.76. The second kappa shape index (κ2) is 6.52. The number of likely N-dealkylation sites (tertiary alicyclic amines) is 1. The van der Waals surface area contributed by atoms with Crippen LogP contribution in [0.25, 0.3) is 11.1 Å². The number of carbonyl (C=O) groups excluding carboxylic acids is 1. The molecule has 1 atom stereocenters. The molecule has 0 radical (unpaired) electrons. The Morgan fingerprint density at radius 3 is 2.28 bits per heavy atom. The zero-order chi connectivity index (χ0) is 18.2. The number of hydrogen-bond acceptors (Lipinski definition) is 5. The fourth-order valence-corrected chi connectivity index (χ4v) is 4.19. The smallest absolute Gasteiger partial charge is 0.228 e. The minimum absolute atomic E-state index is 0.00301. The summed E-state index contributed by atoms with van der Waals surface area (Å²) in [6.45, 7) is 2.06. The van der Waals surface area contributed by atoms with Crippen molar-refractivity contribution in [3.05, 3.63) is 34.5 Å². The number of benzene rings is 1. The third kappa shape index (κ3) is 3.26. The summed E-state index contributed by atoms with van der Waals surface area (Å²) in [5, 5.41) is 10.2. The summed E-state index contributed by atoms with van der Waals surface area (Å²) in [4.78, 5) is 14.8. The Bertz CT molecular complexity index is 788. The first kappa shape index (κ1) is 17.5. The number of nitrogens with one attached hydrogen (secondary N) is 1. The Kier molecular flexibility index (Phi) is 4.56. The van der Waals surface area contributed by atoms with Crippen molar-refractivity contribution in [2.45, 2.75) is 25.2 Å². The van der Waals surface area contributed by atoms with E-state index in [0.29, 0.717) is 18.7 Å². The highest BCUT2D eigenvalue weighted by Crippen LogP contribution is 2.42. The number of carbonyl (C=O) groups is 1. The quantitative estimate of drug-likeness (QED) is 0.901. The van der Waals surface area contributed by atoms with E-state index in [1.807, 2.05) is 18.2 Å². The van der Waals surface area contributed by atoms with Gasteiger partial charge in [0.1, 0.15) is 17.3 Å². The SMILES string of the molecule is COc1cc(OC)cc(-c2csc([C@@]3(C)CC(=N)N(C)C(=O)C3)c2)c1. The van der Waals surface area contributed by atoms with Crippen molar-refractivity contribution in [3.63, 3.8) is 0 Å². The van der Waals surface area contributed by atoms with Crippen LogP contribution in [0.2, 0.25) is 0 Å². The van der Waals surface area contributed by atoms with Crippen LogP contribution in [0.4, 0.5) is 0 Å². The molecule has 1 aromatic carbocycles. The number of hydrogen-bond donors (Lipinski definition) is 1. The molecule has 132 valence electrons. The molecule has 5 nitrogen and oxygen atoms in total. The van der Waals surface area contributed by atoms with Gasteiger partial charge in [-0.25, -0.2) is 0 Å². The highest BCUT2D eigenvalue weighted by molar-refractivity contribution is 7.10. The number of amidine groups is 1. The Labute approximate surface area is 151 Å². The summed E-state index contributed by atoms with van der Waals surface area (Å²) in [5.41, 5.74) is 1.75. The topological polar surface area (TPSA) is 62.6 Å². The lowest BCUT2D eigenvalue weighted by Gasteiger charge is -2.36. The van der Waals surface area contributed by atoms with Crippen LogP contribution in [-0.4, -0.2) is 37.9 Å². The number of ether oxygens (including phenoxy) is 2. The molecule has 1 aromatic heterocycles. The van der Waals surface area contributed by atoms with Gasteiger partial charge in [0, 0.05) is 36.2 Å². The van der Waals surface area contributed by atoms with E-state index in [1.54, 1.807) is 32.6 Å². The average Bonchev–Trinajstić information content (AvgIpc) is 3.10. The maximum atomic E-state index is 12.2. The van der Waals surface area contributed by atoms with Crippen molar-refractivity contribution in [3.8, 4) is 22.6 Å². The van der Waals surface area contributed by atoms with E-state index >= 15 is 0 Å². The number of piperidine rings is 1. The average molecular weight is 358 g/mol. The van der Waals surface area contributed by atoms with E-state index in [9.17, 15) is 4.79 Å². The van der Waals surface area contributed by atoms with Gasteiger partial charge in [-0.3, -0.25) is 10.2 Å². The van der Waals surface area contributed by atoms with Crippen molar-refractivity contribution in [1.82, 2.24) is 4.90 Å². The lowest BCUT2D eigenvalue weighted by molar-refractivity contribution is -0.128. The number of nitrogens with zero attached hydrogens (tertiary/aromatic N) is 1. The summed E-state index contributed by atoms with van der Waals surface area (Å²) in [7, 11) is 4.94. The summed E-state index contributed by atoms with van der Waals surface area (Å²) in [6, 6.07) is 7.90. The van der Waals surface area contributed by atoms with Crippen LogP contribution in [0.1, 0.15) is 24.6 Å². The summed E-state index contributed by atoms with van der Waals surface area (Å²) in [6.07, 6.45) is 0.990. The molecule has 25 heavy (non-hydrogen) atoms. The Morgan fingerprint density at radius 2 is 1.72 bits per heavy atom. The predicted molar refractivity (Wildman–Crippen MR) is 99.9 cm³/mol. The molecule has 0 spiro atoms.